The minimum absolute atomic E-state index is 0.0610. The monoisotopic (exact) mass is 252 g/mol. The summed E-state index contributed by atoms with van der Waals surface area (Å²) >= 11 is 0. The number of amides is 1. The highest BCUT2D eigenvalue weighted by atomic mass is 16.5. The molecule has 0 aliphatic rings. The number of hydrogen-bond donors (Lipinski definition) is 2. The van der Waals surface area contributed by atoms with Crippen LogP contribution in [0.5, 0.6) is 5.75 Å². The predicted molar refractivity (Wildman–Crippen MR) is 66.6 cm³/mol. The molecule has 3 N–H and O–H groups in total. The van der Waals surface area contributed by atoms with Crippen LogP contribution in [0.25, 0.3) is 0 Å². The van der Waals surface area contributed by atoms with Gasteiger partial charge >= 0.3 is 5.97 Å². The van der Waals surface area contributed by atoms with Gasteiger partial charge in [-0.05, 0) is 19.1 Å². The van der Waals surface area contributed by atoms with Crippen LogP contribution in [0.2, 0.25) is 0 Å². The molecule has 0 saturated carbocycles. The zero-order chi connectivity index (χ0) is 13.5. The second kappa shape index (κ2) is 6.48. The fraction of sp³-hybridized carbons (Fsp3) is 0.333. The summed E-state index contributed by atoms with van der Waals surface area (Å²) in [5.41, 5.74) is 5.90. The van der Waals surface area contributed by atoms with E-state index in [4.69, 9.17) is 15.2 Å². The van der Waals surface area contributed by atoms with Crippen LogP contribution in [0, 0.1) is 0 Å². The van der Waals surface area contributed by atoms with Gasteiger partial charge in [0.05, 0.1) is 25.0 Å². The molecule has 0 aliphatic heterocycles. The highest BCUT2D eigenvalue weighted by molar-refractivity contribution is 6.00. The van der Waals surface area contributed by atoms with E-state index in [0.29, 0.717) is 18.0 Å². The zero-order valence-corrected chi connectivity index (χ0v) is 10.4. The lowest BCUT2D eigenvalue weighted by atomic mass is 10.1. The second-order valence-corrected chi connectivity index (χ2v) is 3.41. The fourth-order valence-corrected chi connectivity index (χ4v) is 1.46. The molecule has 0 saturated heterocycles. The summed E-state index contributed by atoms with van der Waals surface area (Å²) in [5.74, 6) is -0.574. The number of rotatable bonds is 6. The smallest absolute Gasteiger partial charge is 0.325 e. The first-order valence-corrected chi connectivity index (χ1v) is 5.46. The molecule has 0 bridgehead atoms. The first-order chi connectivity index (χ1) is 8.60. The lowest BCUT2D eigenvalue weighted by Gasteiger charge is -2.13. The SMILES string of the molecule is CCOC(=O)CNc1c(OC)cccc1C(N)=O. The Morgan fingerprint density at radius 2 is 2.11 bits per heavy atom. The fourth-order valence-electron chi connectivity index (χ4n) is 1.46. The van der Waals surface area contributed by atoms with Crippen molar-refractivity contribution in [1.29, 1.82) is 0 Å². The summed E-state index contributed by atoms with van der Waals surface area (Å²) in [7, 11) is 1.47. The predicted octanol–water partition coefficient (Wildman–Crippen LogP) is 0.769. The molecule has 0 aliphatic carbocycles. The van der Waals surface area contributed by atoms with E-state index in [9.17, 15) is 9.59 Å². The highest BCUT2D eigenvalue weighted by Gasteiger charge is 2.14. The van der Waals surface area contributed by atoms with Crippen molar-refractivity contribution >= 4 is 17.6 Å². The van der Waals surface area contributed by atoms with Crippen molar-refractivity contribution in [3.05, 3.63) is 23.8 Å². The topological polar surface area (TPSA) is 90.7 Å². The first-order valence-electron chi connectivity index (χ1n) is 5.46. The number of anilines is 1. The number of ether oxygens (including phenoxy) is 2. The molecule has 1 aromatic rings. The Hall–Kier alpha value is -2.24. The minimum Gasteiger partial charge on any atom is -0.495 e. The van der Waals surface area contributed by atoms with Crippen LogP contribution in [-0.4, -0.2) is 32.1 Å². The number of primary amides is 1. The third-order valence-corrected chi connectivity index (χ3v) is 2.23. The largest absolute Gasteiger partial charge is 0.495 e. The molecule has 0 aromatic heterocycles. The highest BCUT2D eigenvalue weighted by Crippen LogP contribution is 2.27. The number of carbonyl (C=O) groups excluding carboxylic acids is 2. The normalized spacial score (nSPS) is 9.67. The number of nitrogens with one attached hydrogen (secondary N) is 1. The van der Waals surface area contributed by atoms with E-state index in [-0.39, 0.29) is 12.1 Å². The maximum atomic E-state index is 11.3. The summed E-state index contributed by atoms with van der Waals surface area (Å²) in [6, 6.07) is 4.87. The van der Waals surface area contributed by atoms with Gasteiger partial charge in [-0.2, -0.15) is 0 Å². The molecule has 1 aromatic carbocycles. The Morgan fingerprint density at radius 1 is 1.39 bits per heavy atom. The number of carbonyl (C=O) groups is 2. The van der Waals surface area contributed by atoms with Crippen LogP contribution in [0.15, 0.2) is 18.2 Å². The van der Waals surface area contributed by atoms with Gasteiger partial charge in [-0.1, -0.05) is 6.07 Å². The third kappa shape index (κ3) is 3.38. The van der Waals surface area contributed by atoms with Gasteiger partial charge in [0, 0.05) is 0 Å². The average molecular weight is 252 g/mol. The van der Waals surface area contributed by atoms with Crippen molar-refractivity contribution in [2.75, 3.05) is 25.6 Å². The van der Waals surface area contributed by atoms with Crippen molar-refractivity contribution in [1.82, 2.24) is 0 Å². The number of esters is 1. The summed E-state index contributed by atoms with van der Waals surface area (Å²) in [6.45, 7) is 1.96. The van der Waals surface area contributed by atoms with Gasteiger partial charge in [0.1, 0.15) is 12.3 Å². The quantitative estimate of drug-likeness (QED) is 0.730. The lowest BCUT2D eigenvalue weighted by molar-refractivity contribution is -0.140. The van der Waals surface area contributed by atoms with Crippen LogP contribution >= 0.6 is 0 Å². The Balaban J connectivity index is 2.91. The Bertz CT molecular complexity index is 446. The van der Waals surface area contributed by atoms with E-state index >= 15 is 0 Å². The first kappa shape index (κ1) is 13.8. The number of benzene rings is 1. The summed E-state index contributed by atoms with van der Waals surface area (Å²) in [5, 5.41) is 2.80. The summed E-state index contributed by atoms with van der Waals surface area (Å²) in [4.78, 5) is 22.5. The lowest BCUT2D eigenvalue weighted by Crippen LogP contribution is -2.20. The molecule has 0 unspecified atom stereocenters. The molecule has 0 radical (unpaired) electrons. The molecule has 0 spiro atoms. The van der Waals surface area contributed by atoms with E-state index in [0.717, 1.165) is 0 Å². The Labute approximate surface area is 105 Å². The molecule has 1 rings (SSSR count). The number of para-hydroxylation sites is 1. The summed E-state index contributed by atoms with van der Waals surface area (Å²) < 4.78 is 9.89. The molecular weight excluding hydrogens is 236 g/mol. The molecule has 18 heavy (non-hydrogen) atoms. The van der Waals surface area contributed by atoms with Gasteiger partial charge in [-0.25, -0.2) is 0 Å². The zero-order valence-electron chi connectivity index (χ0n) is 10.4. The van der Waals surface area contributed by atoms with Crippen molar-refractivity contribution < 1.29 is 19.1 Å². The van der Waals surface area contributed by atoms with Gasteiger partial charge in [-0.15, -0.1) is 0 Å². The molecular formula is C12H16N2O4. The van der Waals surface area contributed by atoms with Crippen LogP contribution in [-0.2, 0) is 9.53 Å². The standard InChI is InChI=1S/C12H16N2O4/c1-3-18-10(15)7-14-11-8(12(13)16)5-4-6-9(11)17-2/h4-6,14H,3,7H2,1-2H3,(H2,13,16). The molecule has 0 fully saturated rings. The number of nitrogens with two attached hydrogens (primary N) is 1. The van der Waals surface area contributed by atoms with Crippen molar-refractivity contribution in [3.8, 4) is 5.75 Å². The molecule has 0 atom stereocenters. The van der Waals surface area contributed by atoms with Crippen LogP contribution in [0.1, 0.15) is 17.3 Å². The van der Waals surface area contributed by atoms with E-state index in [1.54, 1.807) is 25.1 Å². The number of hydrogen-bond acceptors (Lipinski definition) is 5. The molecule has 6 heteroatoms. The van der Waals surface area contributed by atoms with E-state index in [1.165, 1.54) is 7.11 Å². The maximum absolute atomic E-state index is 11.3. The summed E-state index contributed by atoms with van der Waals surface area (Å²) in [6.07, 6.45) is 0. The maximum Gasteiger partial charge on any atom is 0.325 e. The van der Waals surface area contributed by atoms with E-state index in [2.05, 4.69) is 5.32 Å². The molecule has 0 heterocycles. The molecule has 98 valence electrons. The van der Waals surface area contributed by atoms with Crippen molar-refractivity contribution in [2.24, 2.45) is 5.73 Å². The van der Waals surface area contributed by atoms with Crippen LogP contribution in [0.3, 0.4) is 0 Å². The van der Waals surface area contributed by atoms with E-state index < -0.39 is 11.9 Å². The molecule has 6 nitrogen and oxygen atoms in total. The molecule has 1 amide bonds. The van der Waals surface area contributed by atoms with E-state index in [1.807, 2.05) is 0 Å². The van der Waals surface area contributed by atoms with Crippen molar-refractivity contribution in [3.63, 3.8) is 0 Å². The average Bonchev–Trinajstić information content (AvgIpc) is 2.36. The Morgan fingerprint density at radius 3 is 2.67 bits per heavy atom. The number of methoxy groups -OCH3 is 1. The van der Waals surface area contributed by atoms with Gasteiger partial charge in [0.25, 0.3) is 5.91 Å². The van der Waals surface area contributed by atoms with Gasteiger partial charge in [-0.3, -0.25) is 9.59 Å². The Kier molecular flexibility index (Phi) is 4.98. The van der Waals surface area contributed by atoms with Crippen LogP contribution < -0.4 is 15.8 Å². The van der Waals surface area contributed by atoms with Gasteiger partial charge in [0.15, 0.2) is 0 Å². The van der Waals surface area contributed by atoms with Gasteiger partial charge in [0.2, 0.25) is 0 Å². The van der Waals surface area contributed by atoms with Gasteiger partial charge < -0.3 is 20.5 Å². The third-order valence-electron chi connectivity index (χ3n) is 2.23. The van der Waals surface area contributed by atoms with Crippen molar-refractivity contribution in [2.45, 2.75) is 6.92 Å². The minimum atomic E-state index is -0.597. The second-order valence-electron chi connectivity index (χ2n) is 3.41. The van der Waals surface area contributed by atoms with Crippen LogP contribution in [0.4, 0.5) is 5.69 Å².